The molecule has 7 heteroatoms. The Bertz CT molecular complexity index is 900. The molecule has 2 aromatic rings. The molecule has 1 fully saturated rings. The highest BCUT2D eigenvalue weighted by atomic mass is 32.1. The number of benzene rings is 1. The quantitative estimate of drug-likeness (QED) is 0.576. The smallest absolute Gasteiger partial charge is 0.254 e. The molecule has 0 radical (unpaired) electrons. The average molecular weight is 443 g/mol. The Balaban J connectivity index is 1.59. The summed E-state index contributed by atoms with van der Waals surface area (Å²) in [6.45, 7) is 9.21. The van der Waals surface area contributed by atoms with Crippen LogP contribution in [0.15, 0.2) is 41.8 Å². The molecule has 1 aromatic heterocycles. The molecule has 0 unspecified atom stereocenters. The van der Waals surface area contributed by atoms with E-state index in [0.717, 1.165) is 4.88 Å². The monoisotopic (exact) mass is 442 g/mol. The number of piperazine rings is 1. The maximum atomic E-state index is 13.0. The first-order valence-electron chi connectivity index (χ1n) is 10.7. The van der Waals surface area contributed by atoms with Crippen molar-refractivity contribution < 1.29 is 19.1 Å². The minimum Gasteiger partial charge on any atom is -0.490 e. The van der Waals surface area contributed by atoms with Gasteiger partial charge in [0.15, 0.2) is 11.5 Å². The number of hydrogen-bond donors (Lipinski definition) is 0. The Morgan fingerprint density at radius 1 is 1.06 bits per heavy atom. The number of hydrogen-bond acceptors (Lipinski definition) is 5. The molecule has 0 atom stereocenters. The summed E-state index contributed by atoms with van der Waals surface area (Å²) in [5.41, 5.74) is 0.567. The third-order valence-corrected chi connectivity index (χ3v) is 5.71. The maximum Gasteiger partial charge on any atom is 0.254 e. The molecule has 0 aliphatic carbocycles. The summed E-state index contributed by atoms with van der Waals surface area (Å²) in [5.74, 6) is 1.56. The summed E-state index contributed by atoms with van der Waals surface area (Å²) in [4.78, 5) is 30.0. The predicted molar refractivity (Wildman–Crippen MR) is 124 cm³/mol. The second-order valence-corrected chi connectivity index (χ2v) is 8.74. The van der Waals surface area contributed by atoms with Crippen molar-refractivity contribution in [1.82, 2.24) is 9.80 Å². The van der Waals surface area contributed by atoms with E-state index in [2.05, 4.69) is 13.8 Å². The molecule has 3 rings (SSSR count). The van der Waals surface area contributed by atoms with Crippen LogP contribution in [0.3, 0.4) is 0 Å². The topological polar surface area (TPSA) is 59.1 Å². The largest absolute Gasteiger partial charge is 0.490 e. The van der Waals surface area contributed by atoms with E-state index in [1.54, 1.807) is 45.4 Å². The summed E-state index contributed by atoms with van der Waals surface area (Å²) in [5, 5.41) is 1.98. The molecule has 166 valence electrons. The lowest BCUT2D eigenvalue weighted by molar-refractivity contribution is -0.127. The highest BCUT2D eigenvalue weighted by molar-refractivity contribution is 7.10. The van der Waals surface area contributed by atoms with E-state index in [1.807, 2.05) is 30.5 Å². The third-order valence-electron chi connectivity index (χ3n) is 4.87. The summed E-state index contributed by atoms with van der Waals surface area (Å²) in [6.07, 6.45) is 3.44. The normalized spacial score (nSPS) is 14.3. The van der Waals surface area contributed by atoms with Crippen molar-refractivity contribution in [1.29, 1.82) is 0 Å². The Morgan fingerprint density at radius 2 is 1.81 bits per heavy atom. The number of rotatable bonds is 8. The fourth-order valence-corrected chi connectivity index (χ4v) is 3.86. The molecular formula is C24H30N2O4S. The van der Waals surface area contributed by atoms with Gasteiger partial charge in [-0.2, -0.15) is 0 Å². The first-order chi connectivity index (χ1) is 15.0. The minimum absolute atomic E-state index is 0.0224. The highest BCUT2D eigenvalue weighted by Crippen LogP contribution is 2.29. The van der Waals surface area contributed by atoms with Crippen LogP contribution in [-0.2, 0) is 4.79 Å². The van der Waals surface area contributed by atoms with Crippen LogP contribution in [-0.4, -0.2) is 61.0 Å². The molecule has 0 saturated carbocycles. The van der Waals surface area contributed by atoms with Gasteiger partial charge in [-0.25, -0.2) is 0 Å². The molecule has 2 heterocycles. The lowest BCUT2D eigenvalue weighted by Crippen LogP contribution is -2.50. The SMILES string of the molecule is CCOc1cc(C(=O)N2CCN(C(=O)C=Cc3cccs3)CC2)ccc1OCC(C)C. The molecule has 1 aromatic carbocycles. The number of ether oxygens (including phenoxy) is 2. The zero-order valence-corrected chi connectivity index (χ0v) is 19.2. The van der Waals surface area contributed by atoms with Gasteiger partial charge < -0.3 is 19.3 Å². The van der Waals surface area contributed by atoms with Gasteiger partial charge in [-0.05, 0) is 48.6 Å². The van der Waals surface area contributed by atoms with Gasteiger partial charge in [0.2, 0.25) is 5.91 Å². The lowest BCUT2D eigenvalue weighted by atomic mass is 10.1. The van der Waals surface area contributed by atoms with Crippen LogP contribution in [0.25, 0.3) is 6.08 Å². The zero-order valence-electron chi connectivity index (χ0n) is 18.4. The van der Waals surface area contributed by atoms with Crippen molar-refractivity contribution >= 4 is 29.2 Å². The molecule has 31 heavy (non-hydrogen) atoms. The van der Waals surface area contributed by atoms with Crippen molar-refractivity contribution in [2.24, 2.45) is 5.92 Å². The Kier molecular flexibility index (Phi) is 8.12. The fourth-order valence-electron chi connectivity index (χ4n) is 3.24. The van der Waals surface area contributed by atoms with Crippen LogP contribution < -0.4 is 9.47 Å². The second kappa shape index (κ2) is 11.0. The molecule has 2 amide bonds. The van der Waals surface area contributed by atoms with Crippen molar-refractivity contribution in [2.45, 2.75) is 20.8 Å². The Morgan fingerprint density at radius 3 is 2.45 bits per heavy atom. The van der Waals surface area contributed by atoms with E-state index in [-0.39, 0.29) is 11.8 Å². The summed E-state index contributed by atoms with van der Waals surface area (Å²) < 4.78 is 11.5. The van der Waals surface area contributed by atoms with Crippen LogP contribution in [0.1, 0.15) is 36.0 Å². The first-order valence-corrected chi connectivity index (χ1v) is 11.5. The average Bonchev–Trinajstić information content (AvgIpc) is 3.30. The van der Waals surface area contributed by atoms with Gasteiger partial charge in [-0.3, -0.25) is 9.59 Å². The molecule has 0 spiro atoms. The van der Waals surface area contributed by atoms with Gasteiger partial charge in [-0.15, -0.1) is 11.3 Å². The summed E-state index contributed by atoms with van der Waals surface area (Å²) in [7, 11) is 0. The van der Waals surface area contributed by atoms with Crippen LogP contribution in [0.5, 0.6) is 11.5 Å². The lowest BCUT2D eigenvalue weighted by Gasteiger charge is -2.34. The number of carbonyl (C=O) groups excluding carboxylic acids is 2. The summed E-state index contributed by atoms with van der Waals surface area (Å²) >= 11 is 1.59. The van der Waals surface area contributed by atoms with Gasteiger partial charge in [0, 0.05) is 42.7 Å². The molecule has 0 bridgehead atoms. The first kappa shape index (κ1) is 22.9. The van der Waals surface area contributed by atoms with E-state index < -0.39 is 0 Å². The van der Waals surface area contributed by atoms with Crippen LogP contribution >= 0.6 is 11.3 Å². The zero-order chi connectivity index (χ0) is 22.2. The maximum absolute atomic E-state index is 13.0. The van der Waals surface area contributed by atoms with Crippen molar-refractivity contribution in [3.05, 3.63) is 52.2 Å². The molecule has 0 N–H and O–H groups in total. The van der Waals surface area contributed by atoms with E-state index in [0.29, 0.717) is 62.4 Å². The molecule has 6 nitrogen and oxygen atoms in total. The van der Waals surface area contributed by atoms with Crippen LogP contribution in [0, 0.1) is 5.92 Å². The van der Waals surface area contributed by atoms with Crippen LogP contribution in [0.4, 0.5) is 0 Å². The molecule has 1 aliphatic heterocycles. The second-order valence-electron chi connectivity index (χ2n) is 7.77. The van der Waals surface area contributed by atoms with Gasteiger partial charge in [0.05, 0.1) is 13.2 Å². The van der Waals surface area contributed by atoms with E-state index in [1.165, 1.54) is 0 Å². The van der Waals surface area contributed by atoms with Gasteiger partial charge in [0.1, 0.15) is 0 Å². The van der Waals surface area contributed by atoms with Gasteiger partial charge in [0.25, 0.3) is 5.91 Å². The Hall–Kier alpha value is -2.80. The standard InChI is InChI=1S/C24H30N2O4S/c1-4-29-22-16-19(7-9-21(22)30-17-18(2)3)24(28)26-13-11-25(12-14-26)23(27)10-8-20-6-5-15-31-20/h5-10,15-16,18H,4,11-14,17H2,1-3H3. The fraction of sp³-hybridized carbons (Fsp3) is 0.417. The van der Waals surface area contributed by atoms with E-state index in [9.17, 15) is 9.59 Å². The van der Waals surface area contributed by atoms with Crippen molar-refractivity contribution in [2.75, 3.05) is 39.4 Å². The van der Waals surface area contributed by atoms with Crippen molar-refractivity contribution in [3.8, 4) is 11.5 Å². The predicted octanol–water partition coefficient (Wildman–Crippen LogP) is 4.18. The molecular weight excluding hydrogens is 412 g/mol. The number of thiophene rings is 1. The Labute approximate surface area is 188 Å². The summed E-state index contributed by atoms with van der Waals surface area (Å²) in [6, 6.07) is 9.26. The molecule has 1 aliphatic rings. The van der Waals surface area contributed by atoms with Crippen molar-refractivity contribution in [3.63, 3.8) is 0 Å². The number of carbonyl (C=O) groups is 2. The van der Waals surface area contributed by atoms with Gasteiger partial charge >= 0.3 is 0 Å². The minimum atomic E-state index is -0.0578. The molecule has 1 saturated heterocycles. The number of amides is 2. The highest BCUT2D eigenvalue weighted by Gasteiger charge is 2.24. The number of nitrogens with zero attached hydrogens (tertiary/aromatic N) is 2. The van der Waals surface area contributed by atoms with Gasteiger partial charge in [-0.1, -0.05) is 19.9 Å². The third kappa shape index (κ3) is 6.34. The van der Waals surface area contributed by atoms with E-state index in [4.69, 9.17) is 9.47 Å². The van der Waals surface area contributed by atoms with E-state index >= 15 is 0 Å². The van der Waals surface area contributed by atoms with Crippen LogP contribution in [0.2, 0.25) is 0 Å².